The van der Waals surface area contributed by atoms with Crippen molar-refractivity contribution >= 4 is 52.1 Å². The topological polar surface area (TPSA) is 125 Å². The van der Waals surface area contributed by atoms with E-state index in [9.17, 15) is 9.59 Å². The molecule has 0 atom stereocenters. The summed E-state index contributed by atoms with van der Waals surface area (Å²) in [5.74, 6) is 1.37. The van der Waals surface area contributed by atoms with E-state index in [0.717, 1.165) is 18.4 Å². The predicted molar refractivity (Wildman–Crippen MR) is 131 cm³/mol. The number of hydrogen-bond acceptors (Lipinski definition) is 7. The second kappa shape index (κ2) is 8.93. The van der Waals surface area contributed by atoms with E-state index in [1.165, 1.54) is 4.68 Å². The van der Waals surface area contributed by atoms with Crippen molar-refractivity contribution in [3.63, 3.8) is 0 Å². The number of anilines is 2. The summed E-state index contributed by atoms with van der Waals surface area (Å²) < 4.78 is 14.0. The standard InChI is InChI=1S/C22H20IN7O4/c1-12-3-6-14(9-16(12)24-21(32)17-10-19(34-23)27-29(17)2)33-15-7-8-18-25-22(28-30(18)11-15)26-20(31)13-4-5-13/h3,6-11,13H,4-5H2,1-2H3,(H,24,32)(H,26,28,31). The molecule has 1 aliphatic carbocycles. The van der Waals surface area contributed by atoms with Gasteiger partial charge in [-0.1, -0.05) is 6.07 Å². The Balaban J connectivity index is 1.32. The largest absolute Gasteiger partial charge is 0.456 e. The van der Waals surface area contributed by atoms with Crippen molar-refractivity contribution in [2.75, 3.05) is 10.6 Å². The molecule has 0 unspecified atom stereocenters. The van der Waals surface area contributed by atoms with Crippen LogP contribution < -0.4 is 18.4 Å². The SMILES string of the molecule is Cc1ccc(Oc2ccc3nc(NC(=O)C4CC4)nn3c2)cc1NC(=O)c1cc(OI)nn1C. The van der Waals surface area contributed by atoms with Gasteiger partial charge in [-0.3, -0.25) is 19.6 Å². The Kier molecular flexibility index (Phi) is 5.81. The van der Waals surface area contributed by atoms with Gasteiger partial charge >= 0.3 is 0 Å². The van der Waals surface area contributed by atoms with Crippen LogP contribution in [0.2, 0.25) is 0 Å². The third-order valence-electron chi connectivity index (χ3n) is 5.35. The molecule has 0 radical (unpaired) electrons. The third kappa shape index (κ3) is 4.66. The lowest BCUT2D eigenvalue weighted by atomic mass is 10.2. The van der Waals surface area contributed by atoms with Gasteiger partial charge in [0.15, 0.2) is 28.7 Å². The number of carbonyl (C=O) groups is 2. The monoisotopic (exact) mass is 573 g/mol. The van der Waals surface area contributed by atoms with Crippen LogP contribution in [-0.2, 0) is 11.8 Å². The van der Waals surface area contributed by atoms with E-state index >= 15 is 0 Å². The Hall–Kier alpha value is -3.68. The lowest BCUT2D eigenvalue weighted by Gasteiger charge is -2.11. The zero-order valence-corrected chi connectivity index (χ0v) is 20.4. The Labute approximate surface area is 208 Å². The van der Waals surface area contributed by atoms with Crippen molar-refractivity contribution in [2.24, 2.45) is 13.0 Å². The van der Waals surface area contributed by atoms with E-state index in [-0.39, 0.29) is 23.7 Å². The number of benzene rings is 1. The summed E-state index contributed by atoms with van der Waals surface area (Å²) in [4.78, 5) is 29.0. The van der Waals surface area contributed by atoms with Gasteiger partial charge in [0.1, 0.15) is 17.2 Å². The van der Waals surface area contributed by atoms with Gasteiger partial charge in [-0.25, -0.2) is 4.52 Å². The first kappa shape index (κ1) is 22.1. The van der Waals surface area contributed by atoms with Crippen LogP contribution in [0.1, 0.15) is 28.9 Å². The number of amides is 2. The number of nitrogens with zero attached hydrogens (tertiary/aromatic N) is 5. The summed E-state index contributed by atoms with van der Waals surface area (Å²) in [6.07, 6.45) is 3.49. The molecule has 174 valence electrons. The molecule has 2 N–H and O–H groups in total. The number of pyridine rings is 1. The van der Waals surface area contributed by atoms with Crippen LogP contribution in [0.4, 0.5) is 11.6 Å². The van der Waals surface area contributed by atoms with Crippen LogP contribution in [0.15, 0.2) is 42.6 Å². The van der Waals surface area contributed by atoms with Gasteiger partial charge in [0, 0.05) is 30.8 Å². The maximum atomic E-state index is 12.7. The first-order valence-corrected chi connectivity index (χ1v) is 11.4. The van der Waals surface area contributed by atoms with Crippen molar-refractivity contribution in [3.8, 4) is 17.4 Å². The van der Waals surface area contributed by atoms with Crippen LogP contribution in [-0.4, -0.2) is 36.2 Å². The highest BCUT2D eigenvalue weighted by Crippen LogP contribution is 2.30. The first-order valence-electron chi connectivity index (χ1n) is 10.5. The number of nitrogens with one attached hydrogen (secondary N) is 2. The number of halogens is 1. The van der Waals surface area contributed by atoms with Gasteiger partial charge in [-0.2, -0.15) is 4.98 Å². The van der Waals surface area contributed by atoms with Crippen molar-refractivity contribution in [2.45, 2.75) is 19.8 Å². The maximum absolute atomic E-state index is 12.7. The second-order valence-electron chi connectivity index (χ2n) is 7.97. The van der Waals surface area contributed by atoms with E-state index in [1.807, 2.05) is 19.1 Å². The molecule has 4 aromatic rings. The van der Waals surface area contributed by atoms with Crippen molar-refractivity contribution in [1.82, 2.24) is 24.4 Å². The molecule has 5 rings (SSSR count). The molecule has 12 heteroatoms. The fourth-order valence-corrected chi connectivity index (χ4v) is 3.56. The number of hydrogen-bond donors (Lipinski definition) is 2. The summed E-state index contributed by atoms with van der Waals surface area (Å²) in [6.45, 7) is 1.89. The average molecular weight is 573 g/mol. The van der Waals surface area contributed by atoms with Crippen LogP contribution >= 0.6 is 23.0 Å². The molecule has 0 spiro atoms. The molecule has 3 heterocycles. The predicted octanol–water partition coefficient (Wildman–Crippen LogP) is 3.89. The molecule has 34 heavy (non-hydrogen) atoms. The Morgan fingerprint density at radius 1 is 1.09 bits per heavy atom. The fraction of sp³-hybridized carbons (Fsp3) is 0.227. The van der Waals surface area contributed by atoms with Gasteiger partial charge in [0.05, 0.1) is 6.20 Å². The number of rotatable bonds is 7. The second-order valence-corrected chi connectivity index (χ2v) is 8.41. The lowest BCUT2D eigenvalue weighted by Crippen LogP contribution is -2.16. The number of carbonyl (C=O) groups excluding carboxylic acids is 2. The van der Waals surface area contributed by atoms with Crippen LogP contribution in [0, 0.1) is 12.8 Å². The van der Waals surface area contributed by atoms with Gasteiger partial charge in [0.25, 0.3) is 5.91 Å². The zero-order chi connectivity index (χ0) is 23.8. The summed E-state index contributed by atoms with van der Waals surface area (Å²) in [6, 6.07) is 10.5. The molecule has 2 amide bonds. The molecule has 11 nitrogen and oxygen atoms in total. The molecule has 0 aliphatic heterocycles. The summed E-state index contributed by atoms with van der Waals surface area (Å²) in [5.41, 5.74) is 2.42. The minimum Gasteiger partial charge on any atom is -0.456 e. The molecule has 1 aliphatic rings. The van der Waals surface area contributed by atoms with E-state index in [4.69, 9.17) is 7.80 Å². The molecule has 0 saturated heterocycles. The van der Waals surface area contributed by atoms with Gasteiger partial charge < -0.3 is 13.1 Å². The van der Waals surface area contributed by atoms with Gasteiger partial charge in [-0.05, 0) is 43.5 Å². The minimum atomic E-state index is -0.320. The summed E-state index contributed by atoms with van der Waals surface area (Å²) >= 11 is 1.71. The van der Waals surface area contributed by atoms with Gasteiger partial charge in [0.2, 0.25) is 17.7 Å². The number of aryl methyl sites for hydroxylation is 2. The van der Waals surface area contributed by atoms with E-state index in [2.05, 4.69) is 25.8 Å². The van der Waals surface area contributed by atoms with Crippen LogP contribution in [0.3, 0.4) is 0 Å². The van der Waals surface area contributed by atoms with Crippen molar-refractivity contribution < 1.29 is 17.4 Å². The highest BCUT2D eigenvalue weighted by Gasteiger charge is 2.30. The van der Waals surface area contributed by atoms with Gasteiger partial charge in [-0.15, -0.1) is 10.2 Å². The first-order chi connectivity index (χ1) is 16.4. The molecule has 1 fully saturated rings. The van der Waals surface area contributed by atoms with E-state index in [0.29, 0.717) is 34.4 Å². The highest BCUT2D eigenvalue weighted by molar-refractivity contribution is 14.1. The minimum absolute atomic E-state index is 0.0502. The third-order valence-corrected chi connectivity index (χ3v) is 5.80. The fourth-order valence-electron chi connectivity index (χ4n) is 3.35. The summed E-state index contributed by atoms with van der Waals surface area (Å²) in [5, 5.41) is 14.0. The molecule has 3 aromatic heterocycles. The lowest BCUT2D eigenvalue weighted by molar-refractivity contribution is -0.117. The molecule has 0 bridgehead atoms. The molecule has 1 saturated carbocycles. The van der Waals surface area contributed by atoms with Crippen LogP contribution in [0.5, 0.6) is 17.4 Å². The zero-order valence-electron chi connectivity index (χ0n) is 18.3. The quantitative estimate of drug-likeness (QED) is 0.322. The smallest absolute Gasteiger partial charge is 0.274 e. The number of ether oxygens (including phenoxy) is 1. The van der Waals surface area contributed by atoms with Crippen LogP contribution in [0.25, 0.3) is 5.65 Å². The summed E-state index contributed by atoms with van der Waals surface area (Å²) in [7, 11) is 1.67. The molecule has 1 aromatic carbocycles. The number of fused-ring (bicyclic) bond motifs is 1. The average Bonchev–Trinajstić information content (AvgIpc) is 3.49. The Morgan fingerprint density at radius 2 is 1.88 bits per heavy atom. The Morgan fingerprint density at radius 3 is 2.62 bits per heavy atom. The Bertz CT molecular complexity index is 1410. The molecular formula is C22H20IN7O4. The van der Waals surface area contributed by atoms with E-state index in [1.54, 1.807) is 65.0 Å². The molecular weight excluding hydrogens is 553 g/mol. The normalized spacial score (nSPS) is 13.0. The maximum Gasteiger partial charge on any atom is 0.274 e. The van der Waals surface area contributed by atoms with Crippen molar-refractivity contribution in [1.29, 1.82) is 0 Å². The van der Waals surface area contributed by atoms with E-state index < -0.39 is 0 Å². The number of aromatic nitrogens is 5. The highest BCUT2D eigenvalue weighted by atomic mass is 127. The van der Waals surface area contributed by atoms with Crippen molar-refractivity contribution in [3.05, 3.63) is 53.9 Å².